The Kier molecular flexibility index (Phi) is 8.62. The van der Waals surface area contributed by atoms with E-state index in [1.807, 2.05) is 12.1 Å². The molecule has 1 aromatic carbocycles. The molecule has 0 aliphatic heterocycles. The predicted octanol–water partition coefficient (Wildman–Crippen LogP) is 4.42. The lowest BCUT2D eigenvalue weighted by molar-refractivity contribution is 0.462. The molecule has 3 nitrogen and oxygen atoms in total. The van der Waals surface area contributed by atoms with Crippen LogP contribution in [0.1, 0.15) is 69.4 Å². The topological polar surface area (TPSA) is 57.2 Å². The van der Waals surface area contributed by atoms with Crippen molar-refractivity contribution in [2.45, 2.75) is 70.5 Å². The van der Waals surface area contributed by atoms with E-state index in [2.05, 4.69) is 6.92 Å². The van der Waals surface area contributed by atoms with Crippen LogP contribution < -0.4 is 0 Å². The molecule has 0 fully saturated rings. The highest BCUT2D eigenvalue weighted by atomic mass is 32.2. The van der Waals surface area contributed by atoms with Crippen molar-refractivity contribution in [2.24, 2.45) is 0 Å². The number of hydrogen-bond acceptors (Lipinski definition) is 3. The first-order chi connectivity index (χ1) is 10.0. The Bertz CT molecular complexity index is 477. The summed E-state index contributed by atoms with van der Waals surface area (Å²) < 4.78 is 32.0. The Morgan fingerprint density at radius 2 is 1.29 bits per heavy atom. The van der Waals surface area contributed by atoms with Crippen molar-refractivity contribution >= 4 is 10.1 Å². The van der Waals surface area contributed by atoms with Crippen LogP contribution in [0.4, 0.5) is 0 Å². The van der Waals surface area contributed by atoms with E-state index in [0.717, 1.165) is 6.42 Å². The molecule has 0 amide bonds. The van der Waals surface area contributed by atoms with Crippen LogP contribution in [0.2, 0.25) is 0 Å². The highest BCUT2D eigenvalue weighted by molar-refractivity contribution is 7.84. The second-order valence-corrected chi connectivity index (χ2v) is 7.15. The largest absolute Gasteiger partial charge is 0.748 e. The normalized spacial score (nSPS) is 11.7. The molecule has 0 heterocycles. The molecule has 0 unspecified atom stereocenters. The molecule has 0 spiro atoms. The first kappa shape index (κ1) is 18.2. The smallest absolute Gasteiger partial charge is 0.0988 e. The van der Waals surface area contributed by atoms with Crippen LogP contribution in [0.15, 0.2) is 24.3 Å². The lowest BCUT2D eigenvalue weighted by Crippen LogP contribution is -2.01. The van der Waals surface area contributed by atoms with Crippen molar-refractivity contribution in [3.05, 3.63) is 35.4 Å². The minimum atomic E-state index is -4.17. The van der Waals surface area contributed by atoms with E-state index in [1.54, 1.807) is 12.1 Å². The molecule has 0 aromatic heterocycles. The summed E-state index contributed by atoms with van der Waals surface area (Å²) in [6, 6.07) is 7.36. The van der Waals surface area contributed by atoms with Crippen molar-refractivity contribution < 1.29 is 13.0 Å². The van der Waals surface area contributed by atoms with Gasteiger partial charge in [0.25, 0.3) is 0 Å². The Morgan fingerprint density at radius 3 is 1.81 bits per heavy atom. The van der Waals surface area contributed by atoms with Gasteiger partial charge in [0.1, 0.15) is 0 Å². The fraction of sp³-hybridized carbons (Fsp3) is 0.647. The quantitative estimate of drug-likeness (QED) is 0.449. The third kappa shape index (κ3) is 9.64. The molecule has 0 bridgehead atoms. The van der Waals surface area contributed by atoms with Gasteiger partial charge in [-0.1, -0.05) is 76.1 Å². The van der Waals surface area contributed by atoms with Crippen LogP contribution in [-0.4, -0.2) is 13.0 Å². The first-order valence-electron chi connectivity index (χ1n) is 8.02. The molecule has 120 valence electrons. The maximum atomic E-state index is 10.7. The summed E-state index contributed by atoms with van der Waals surface area (Å²) in [6.07, 6.45) is 11.5. The van der Waals surface area contributed by atoms with Gasteiger partial charge in [0.2, 0.25) is 0 Å². The van der Waals surface area contributed by atoms with Crippen LogP contribution in [-0.2, 0) is 22.3 Å². The molecule has 1 rings (SSSR count). The van der Waals surface area contributed by atoms with Gasteiger partial charge in [-0.05, 0) is 24.0 Å². The van der Waals surface area contributed by atoms with Gasteiger partial charge in [0, 0.05) is 0 Å². The van der Waals surface area contributed by atoms with E-state index in [0.29, 0.717) is 5.56 Å². The Morgan fingerprint density at radius 1 is 0.810 bits per heavy atom. The SMILES string of the molecule is CCCCCCCCCCc1ccc(CS(=O)(=O)[O-])cc1. The van der Waals surface area contributed by atoms with Crippen molar-refractivity contribution in [2.75, 3.05) is 0 Å². The predicted molar refractivity (Wildman–Crippen MR) is 86.2 cm³/mol. The summed E-state index contributed by atoms with van der Waals surface area (Å²) in [5.41, 5.74) is 1.79. The lowest BCUT2D eigenvalue weighted by atomic mass is 10.0. The average Bonchev–Trinajstić information content (AvgIpc) is 2.42. The van der Waals surface area contributed by atoms with Crippen molar-refractivity contribution in [3.8, 4) is 0 Å². The molecule has 0 aliphatic carbocycles. The zero-order valence-electron chi connectivity index (χ0n) is 13.0. The summed E-state index contributed by atoms with van der Waals surface area (Å²) in [7, 11) is -4.17. The number of aryl methyl sites for hydroxylation is 1. The second kappa shape index (κ2) is 9.96. The van der Waals surface area contributed by atoms with E-state index in [4.69, 9.17) is 0 Å². The minimum Gasteiger partial charge on any atom is -0.748 e. The second-order valence-electron chi connectivity index (χ2n) is 5.74. The standard InChI is InChI=1S/C17H28O3S/c1-2-3-4-5-6-7-8-9-10-16-11-13-17(14-12-16)15-21(18,19)20/h11-14H,2-10,15H2,1H3,(H,18,19,20)/p-1. The zero-order valence-corrected chi connectivity index (χ0v) is 13.8. The fourth-order valence-electron chi connectivity index (χ4n) is 2.47. The summed E-state index contributed by atoms with van der Waals surface area (Å²) in [4.78, 5) is 0. The molecule has 0 N–H and O–H groups in total. The van der Waals surface area contributed by atoms with Gasteiger partial charge in [0.15, 0.2) is 0 Å². The monoisotopic (exact) mass is 311 g/mol. The number of hydrogen-bond donors (Lipinski definition) is 0. The molecule has 0 radical (unpaired) electrons. The summed E-state index contributed by atoms with van der Waals surface area (Å²) in [5, 5.41) is 0. The first-order valence-corrected chi connectivity index (χ1v) is 9.60. The fourth-order valence-corrected chi connectivity index (χ4v) is 3.07. The van der Waals surface area contributed by atoms with Crippen molar-refractivity contribution in [1.29, 1.82) is 0 Å². The molecule has 21 heavy (non-hydrogen) atoms. The van der Waals surface area contributed by atoms with Crippen molar-refractivity contribution in [1.82, 2.24) is 0 Å². The number of unbranched alkanes of at least 4 members (excludes halogenated alkanes) is 7. The third-order valence-electron chi connectivity index (χ3n) is 3.69. The van der Waals surface area contributed by atoms with Gasteiger partial charge in [0.05, 0.1) is 15.9 Å². The van der Waals surface area contributed by atoms with E-state index in [9.17, 15) is 13.0 Å². The maximum absolute atomic E-state index is 10.7. The van der Waals surface area contributed by atoms with Gasteiger partial charge in [-0.25, -0.2) is 8.42 Å². The summed E-state index contributed by atoms with van der Waals surface area (Å²) in [6.45, 7) is 2.23. The Balaban J connectivity index is 2.15. The van der Waals surface area contributed by atoms with Gasteiger partial charge in [-0.3, -0.25) is 0 Å². The van der Waals surface area contributed by atoms with Gasteiger partial charge < -0.3 is 4.55 Å². The van der Waals surface area contributed by atoms with Gasteiger partial charge >= 0.3 is 0 Å². The average molecular weight is 311 g/mol. The molecular formula is C17H27O3S-. The minimum absolute atomic E-state index is 0.412. The lowest BCUT2D eigenvalue weighted by Gasteiger charge is -2.07. The molecular weight excluding hydrogens is 284 g/mol. The van der Waals surface area contributed by atoms with E-state index in [-0.39, 0.29) is 0 Å². The Hall–Kier alpha value is -0.870. The van der Waals surface area contributed by atoms with E-state index >= 15 is 0 Å². The van der Waals surface area contributed by atoms with Crippen LogP contribution in [0.25, 0.3) is 0 Å². The number of benzene rings is 1. The van der Waals surface area contributed by atoms with Crippen molar-refractivity contribution in [3.63, 3.8) is 0 Å². The van der Waals surface area contributed by atoms with E-state index < -0.39 is 15.9 Å². The molecule has 0 saturated heterocycles. The Labute approximate surface area is 129 Å². The molecule has 0 aliphatic rings. The summed E-state index contributed by atoms with van der Waals surface area (Å²) in [5.74, 6) is -0.412. The number of rotatable bonds is 11. The molecule has 4 heteroatoms. The molecule has 0 atom stereocenters. The van der Waals surface area contributed by atoms with Crippen LogP contribution >= 0.6 is 0 Å². The van der Waals surface area contributed by atoms with Gasteiger partial charge in [-0.2, -0.15) is 0 Å². The highest BCUT2D eigenvalue weighted by Crippen LogP contribution is 2.13. The molecule has 1 aromatic rings. The maximum Gasteiger partial charge on any atom is 0.0988 e. The highest BCUT2D eigenvalue weighted by Gasteiger charge is 2.00. The van der Waals surface area contributed by atoms with Crippen LogP contribution in [0.5, 0.6) is 0 Å². The summed E-state index contributed by atoms with van der Waals surface area (Å²) >= 11 is 0. The van der Waals surface area contributed by atoms with Gasteiger partial charge in [-0.15, -0.1) is 0 Å². The molecule has 0 saturated carbocycles. The zero-order chi connectivity index (χ0) is 15.6. The van der Waals surface area contributed by atoms with E-state index in [1.165, 1.54) is 56.9 Å². The van der Waals surface area contributed by atoms with Crippen LogP contribution in [0, 0.1) is 0 Å². The third-order valence-corrected chi connectivity index (χ3v) is 4.37. The van der Waals surface area contributed by atoms with Crippen LogP contribution in [0.3, 0.4) is 0 Å².